The first-order valence-electron chi connectivity index (χ1n) is 12.2. The van der Waals surface area contributed by atoms with E-state index >= 15 is 0 Å². The molecule has 16 heteroatoms. The van der Waals surface area contributed by atoms with Crippen LogP contribution in [0.3, 0.4) is 0 Å². The van der Waals surface area contributed by atoms with E-state index in [1.807, 2.05) is 0 Å². The minimum atomic E-state index is -0.696. The molecule has 2 aromatic carbocycles. The zero-order valence-electron chi connectivity index (χ0n) is 19.7. The van der Waals surface area contributed by atoms with Crippen LogP contribution in [0.25, 0.3) is 0 Å². The molecule has 39 heavy (non-hydrogen) atoms. The number of fused-ring (bicyclic) bond motifs is 2. The number of hydrogen-bond acceptors (Lipinski definition) is 12. The SMILES string of the molecule is O=[N+]([O-])c1ccc(N/N=C2\[C@@H]3[C@H]4/C(=N/Nc5ccc([N+](=O)[O-])cc5[N+](=O)[O-])[C@@H]5[C@H]6C[C@@H]([C@H]25)[C@@H]3[C@H]64)c([N+](=O)[O-])c1. The number of nitrogens with one attached hydrogen (secondary N) is 2. The predicted octanol–water partition coefficient (Wildman–Crippen LogP) is 3.94. The number of hydrazone groups is 2. The van der Waals surface area contributed by atoms with Crippen molar-refractivity contribution >= 4 is 45.5 Å². The average Bonchev–Trinajstić information content (AvgIpc) is 3.44. The lowest BCUT2D eigenvalue weighted by molar-refractivity contribution is -0.393. The van der Waals surface area contributed by atoms with Crippen molar-refractivity contribution in [1.29, 1.82) is 0 Å². The molecule has 16 nitrogen and oxygen atoms in total. The minimum Gasteiger partial charge on any atom is -0.272 e. The van der Waals surface area contributed by atoms with E-state index in [1.165, 1.54) is 24.3 Å². The Morgan fingerprint density at radius 3 is 1.38 bits per heavy atom. The highest BCUT2D eigenvalue weighted by molar-refractivity contribution is 6.11. The number of hydrogen-bond donors (Lipinski definition) is 2. The first kappa shape index (κ1) is 23.1. The van der Waals surface area contributed by atoms with Gasteiger partial charge >= 0.3 is 11.4 Å². The van der Waals surface area contributed by atoms with Gasteiger partial charge in [0.25, 0.3) is 11.4 Å². The van der Waals surface area contributed by atoms with Crippen LogP contribution < -0.4 is 10.9 Å². The number of rotatable bonds is 8. The fraction of sp³-hybridized carbons (Fsp3) is 0.391. The van der Waals surface area contributed by atoms with Crippen LogP contribution in [-0.4, -0.2) is 31.1 Å². The Morgan fingerprint density at radius 1 is 0.615 bits per heavy atom. The molecule has 0 amide bonds. The van der Waals surface area contributed by atoms with E-state index in [-0.39, 0.29) is 46.4 Å². The summed E-state index contributed by atoms with van der Waals surface area (Å²) < 4.78 is 0. The Labute approximate surface area is 217 Å². The summed E-state index contributed by atoms with van der Waals surface area (Å²) in [6.45, 7) is 0. The van der Waals surface area contributed by atoms with E-state index in [9.17, 15) is 40.5 Å². The molecule has 5 saturated carbocycles. The van der Waals surface area contributed by atoms with Gasteiger partial charge in [-0.05, 0) is 42.2 Å². The molecule has 2 N–H and O–H groups in total. The van der Waals surface area contributed by atoms with Gasteiger partial charge in [-0.1, -0.05) is 0 Å². The number of nitrogens with zero attached hydrogens (tertiary/aromatic N) is 6. The van der Waals surface area contributed by atoms with Gasteiger partial charge in [0, 0.05) is 47.2 Å². The van der Waals surface area contributed by atoms with Crippen LogP contribution in [0, 0.1) is 87.8 Å². The van der Waals surface area contributed by atoms with E-state index in [4.69, 9.17) is 0 Å². The molecule has 0 aliphatic heterocycles. The largest absolute Gasteiger partial charge is 0.301 e. The molecule has 0 spiro atoms. The lowest BCUT2D eigenvalue weighted by atomic mass is 9.59. The number of nitro benzene ring substituents is 4. The summed E-state index contributed by atoms with van der Waals surface area (Å²) in [5.74, 6) is 2.16. The quantitative estimate of drug-likeness (QED) is 0.366. The van der Waals surface area contributed by atoms with Gasteiger partial charge < -0.3 is 0 Å². The molecule has 198 valence electrons. The standard InChI is InChI=1S/C23H18N8O8/c32-28(33)8-1-3-12(14(5-8)30(36)37)24-26-22-18-10-7-11-17-16(10)20(22)21(17)23(19(11)18)27-25-13-4-2-9(29(34)35)6-15(13)31(38)39/h1-6,10-11,16-21,24-25H,7H2/b26-22-,27-23+/t10-,11+,16-,17+,18+,19-,20+,21+/m1/s1. The van der Waals surface area contributed by atoms with Gasteiger partial charge in [0.15, 0.2) is 0 Å². The number of benzene rings is 2. The van der Waals surface area contributed by atoms with Crippen LogP contribution in [0.2, 0.25) is 0 Å². The monoisotopic (exact) mass is 534 g/mol. The van der Waals surface area contributed by atoms with E-state index < -0.39 is 31.1 Å². The van der Waals surface area contributed by atoms with Crippen molar-refractivity contribution in [3.8, 4) is 0 Å². The molecule has 5 aliphatic rings. The van der Waals surface area contributed by atoms with Gasteiger partial charge in [-0.2, -0.15) is 10.2 Å². The van der Waals surface area contributed by atoms with Crippen LogP contribution >= 0.6 is 0 Å². The highest BCUT2D eigenvalue weighted by atomic mass is 16.6. The van der Waals surface area contributed by atoms with Crippen LogP contribution in [0.1, 0.15) is 6.42 Å². The average molecular weight is 534 g/mol. The van der Waals surface area contributed by atoms with Gasteiger partial charge in [0.1, 0.15) is 11.4 Å². The maximum Gasteiger partial charge on any atom is 0.301 e. The number of anilines is 2. The molecular formula is C23H18N8O8. The van der Waals surface area contributed by atoms with Crippen molar-refractivity contribution < 1.29 is 19.7 Å². The molecule has 7 rings (SSSR count). The van der Waals surface area contributed by atoms with Gasteiger partial charge in [-0.25, -0.2) is 0 Å². The summed E-state index contributed by atoms with van der Waals surface area (Å²) in [4.78, 5) is 42.3. The Bertz CT molecular complexity index is 1470. The van der Waals surface area contributed by atoms with Crippen LogP contribution in [-0.2, 0) is 0 Å². The van der Waals surface area contributed by atoms with Crippen molar-refractivity contribution in [1.82, 2.24) is 0 Å². The zero-order valence-corrected chi connectivity index (χ0v) is 19.7. The normalized spacial score (nSPS) is 33.9. The van der Waals surface area contributed by atoms with Crippen molar-refractivity contribution in [3.63, 3.8) is 0 Å². The van der Waals surface area contributed by atoms with Gasteiger partial charge in [0.2, 0.25) is 0 Å². The summed E-state index contributed by atoms with van der Waals surface area (Å²) >= 11 is 0. The zero-order chi connectivity index (χ0) is 27.3. The molecule has 5 aliphatic carbocycles. The molecule has 2 bridgehead atoms. The second-order valence-electron chi connectivity index (χ2n) is 10.5. The summed E-state index contributed by atoms with van der Waals surface area (Å²) in [5.41, 5.74) is 5.94. The smallest absolute Gasteiger partial charge is 0.272 e. The molecule has 0 radical (unpaired) electrons. The van der Waals surface area contributed by atoms with Gasteiger partial charge in [0.05, 0.1) is 31.8 Å². The summed E-state index contributed by atoms with van der Waals surface area (Å²) in [6, 6.07) is 6.72. The molecule has 5 fully saturated rings. The van der Waals surface area contributed by atoms with Crippen molar-refractivity contribution in [2.24, 2.45) is 57.5 Å². The second-order valence-corrected chi connectivity index (χ2v) is 10.5. The first-order chi connectivity index (χ1) is 18.7. The third kappa shape index (κ3) is 2.98. The summed E-state index contributed by atoms with van der Waals surface area (Å²) in [5, 5.41) is 54.3. The third-order valence-corrected chi connectivity index (χ3v) is 9.26. The first-order valence-corrected chi connectivity index (χ1v) is 12.2. The fourth-order valence-corrected chi connectivity index (χ4v) is 8.17. The highest BCUT2D eigenvalue weighted by Gasteiger charge is 2.82. The van der Waals surface area contributed by atoms with Crippen LogP contribution in [0.15, 0.2) is 46.6 Å². The van der Waals surface area contributed by atoms with E-state index in [1.54, 1.807) is 0 Å². The Morgan fingerprint density at radius 2 is 1.03 bits per heavy atom. The van der Waals surface area contributed by atoms with Crippen molar-refractivity contribution in [2.75, 3.05) is 10.9 Å². The maximum absolute atomic E-state index is 11.5. The van der Waals surface area contributed by atoms with E-state index in [0.29, 0.717) is 23.7 Å². The fourth-order valence-electron chi connectivity index (χ4n) is 8.17. The molecule has 0 heterocycles. The minimum absolute atomic E-state index is 0.0671. The predicted molar refractivity (Wildman–Crippen MR) is 134 cm³/mol. The second kappa shape index (κ2) is 7.75. The van der Waals surface area contributed by atoms with Crippen LogP contribution in [0.5, 0.6) is 0 Å². The van der Waals surface area contributed by atoms with Crippen LogP contribution in [0.4, 0.5) is 34.1 Å². The highest BCUT2D eigenvalue weighted by Crippen LogP contribution is 2.81. The number of non-ortho nitro benzene ring substituents is 2. The molecule has 0 unspecified atom stereocenters. The molecular weight excluding hydrogens is 516 g/mol. The lowest BCUT2D eigenvalue weighted by Crippen LogP contribution is -2.48. The topological polar surface area (TPSA) is 221 Å². The van der Waals surface area contributed by atoms with Crippen molar-refractivity contribution in [3.05, 3.63) is 76.9 Å². The van der Waals surface area contributed by atoms with E-state index in [0.717, 1.165) is 30.0 Å². The number of nitro groups is 4. The molecule has 0 aromatic heterocycles. The maximum atomic E-state index is 11.5. The van der Waals surface area contributed by atoms with E-state index in [2.05, 4.69) is 21.1 Å². The molecule has 2 aromatic rings. The Balaban J connectivity index is 1.18. The Kier molecular flexibility index (Phi) is 4.59. The summed E-state index contributed by atoms with van der Waals surface area (Å²) in [7, 11) is 0. The molecule has 0 saturated heterocycles. The van der Waals surface area contributed by atoms with Gasteiger partial charge in [-0.3, -0.25) is 51.3 Å². The lowest BCUT2D eigenvalue weighted by Gasteiger charge is -2.44. The Hall–Kier alpha value is -5.02. The third-order valence-electron chi connectivity index (χ3n) is 9.26. The van der Waals surface area contributed by atoms with Gasteiger partial charge in [-0.15, -0.1) is 0 Å². The van der Waals surface area contributed by atoms with Crippen molar-refractivity contribution in [2.45, 2.75) is 6.42 Å². The molecule has 8 atom stereocenters. The summed E-state index contributed by atoms with van der Waals surface area (Å²) in [6.07, 6.45) is 1.03.